The van der Waals surface area contributed by atoms with Crippen LogP contribution in [0, 0.1) is 11.8 Å². The molecule has 4 heterocycles. The summed E-state index contributed by atoms with van der Waals surface area (Å²) in [5.41, 5.74) is 6.86. The van der Waals surface area contributed by atoms with Crippen molar-refractivity contribution < 1.29 is 28.7 Å². The van der Waals surface area contributed by atoms with Crippen LogP contribution in [0.25, 0.3) is 33.6 Å². The van der Waals surface area contributed by atoms with E-state index < -0.39 is 24.3 Å². The van der Waals surface area contributed by atoms with Gasteiger partial charge in [0.05, 0.1) is 50.1 Å². The molecular weight excluding hydrogens is 713 g/mol. The number of alkyl carbamates (subject to hydrolysis) is 2. The second kappa shape index (κ2) is 17.3. The summed E-state index contributed by atoms with van der Waals surface area (Å²) in [5, 5.41) is 5.40. The summed E-state index contributed by atoms with van der Waals surface area (Å²) in [6.45, 7) is 10.6. The van der Waals surface area contributed by atoms with Crippen LogP contribution in [0.5, 0.6) is 0 Å². The fourth-order valence-electron chi connectivity index (χ4n) is 7.50. The highest BCUT2D eigenvalue weighted by Crippen LogP contribution is 2.37. The lowest BCUT2D eigenvalue weighted by Crippen LogP contribution is -2.51. The first-order chi connectivity index (χ1) is 26.9. The minimum absolute atomic E-state index is 0.107. The molecule has 2 aliphatic heterocycles. The normalized spacial score (nSPS) is 18.7. The van der Waals surface area contributed by atoms with Gasteiger partial charge in [-0.2, -0.15) is 0 Å². The molecule has 2 aliphatic rings. The fourth-order valence-corrected chi connectivity index (χ4v) is 7.50. The largest absolute Gasteiger partial charge is 0.453 e. The van der Waals surface area contributed by atoms with Crippen molar-refractivity contribution in [1.82, 2.24) is 40.4 Å². The molecule has 0 aliphatic carbocycles. The molecule has 2 fully saturated rings. The number of nitrogens with one attached hydrogen (secondary N) is 4. The molecule has 6 rings (SSSR count). The van der Waals surface area contributed by atoms with Crippen LogP contribution in [0.15, 0.2) is 72.6 Å². The van der Waals surface area contributed by atoms with Crippen LogP contribution in [-0.4, -0.2) is 93.1 Å². The van der Waals surface area contributed by atoms with Crippen molar-refractivity contribution in [3.05, 3.63) is 84.2 Å². The number of nitrogens with zero attached hydrogens (tertiary/aromatic N) is 4. The number of H-pyrrole nitrogens is 2. The Morgan fingerprint density at radius 1 is 0.714 bits per heavy atom. The highest BCUT2D eigenvalue weighted by Gasteiger charge is 2.40. The lowest BCUT2D eigenvalue weighted by atomic mass is 10.0. The third-order valence-corrected chi connectivity index (χ3v) is 10.8. The van der Waals surface area contributed by atoms with E-state index in [0.29, 0.717) is 25.3 Å². The number of methoxy groups -OCH3 is 2. The molecule has 0 bridgehead atoms. The summed E-state index contributed by atoms with van der Waals surface area (Å²) in [6.07, 6.45) is 6.64. The number of hydrogen-bond acceptors (Lipinski definition) is 8. The van der Waals surface area contributed by atoms with Crippen LogP contribution in [0.3, 0.4) is 0 Å². The molecule has 2 aromatic carbocycles. The molecule has 4 aromatic rings. The maximum absolute atomic E-state index is 13.8. The maximum atomic E-state index is 13.8. The summed E-state index contributed by atoms with van der Waals surface area (Å²) < 4.78 is 9.54. The van der Waals surface area contributed by atoms with Crippen molar-refractivity contribution in [1.29, 1.82) is 0 Å². The Hall–Kier alpha value is -5.92. The van der Waals surface area contributed by atoms with Gasteiger partial charge in [0.1, 0.15) is 23.7 Å². The molecule has 0 unspecified atom stereocenters. The number of ether oxygens (including phenoxy) is 2. The summed E-state index contributed by atoms with van der Waals surface area (Å²) in [5.74, 6) is 0.854. The van der Waals surface area contributed by atoms with Crippen molar-refractivity contribution in [2.75, 3.05) is 27.3 Å². The van der Waals surface area contributed by atoms with Gasteiger partial charge in [0.25, 0.3) is 0 Å². The van der Waals surface area contributed by atoms with Crippen molar-refractivity contribution in [3.63, 3.8) is 0 Å². The predicted molar refractivity (Wildman–Crippen MR) is 212 cm³/mol. The van der Waals surface area contributed by atoms with Crippen LogP contribution in [0.4, 0.5) is 9.59 Å². The van der Waals surface area contributed by atoms with Crippen LogP contribution in [0.1, 0.15) is 77.6 Å². The van der Waals surface area contributed by atoms with Crippen molar-refractivity contribution >= 4 is 24.0 Å². The number of allylic oxidation sites excluding steroid dienone is 1. The van der Waals surface area contributed by atoms with Crippen LogP contribution in [0.2, 0.25) is 0 Å². The lowest BCUT2D eigenvalue weighted by Gasteiger charge is -2.30. The number of amides is 4. The highest BCUT2D eigenvalue weighted by atomic mass is 16.5. The first-order valence-corrected chi connectivity index (χ1v) is 19.2. The van der Waals surface area contributed by atoms with Crippen molar-refractivity contribution in [2.45, 2.75) is 78.0 Å². The van der Waals surface area contributed by atoms with Gasteiger partial charge in [-0.25, -0.2) is 19.6 Å². The predicted octanol–water partition coefficient (Wildman–Crippen LogP) is 6.78. The van der Waals surface area contributed by atoms with E-state index in [1.54, 1.807) is 22.2 Å². The molecule has 0 saturated carbocycles. The molecule has 56 heavy (non-hydrogen) atoms. The van der Waals surface area contributed by atoms with Gasteiger partial charge in [-0.3, -0.25) is 9.59 Å². The number of aromatic amines is 2. The lowest BCUT2D eigenvalue weighted by molar-refractivity contribution is -0.136. The topological polar surface area (TPSA) is 175 Å². The second-order valence-corrected chi connectivity index (χ2v) is 15.1. The smallest absolute Gasteiger partial charge is 0.407 e. The summed E-state index contributed by atoms with van der Waals surface area (Å²) >= 11 is 0. The molecular formula is C42H52N8O6. The Kier molecular flexibility index (Phi) is 12.3. The molecule has 4 amide bonds. The number of aromatic nitrogens is 4. The number of likely N-dealkylation sites (tertiary alicyclic amines) is 2. The van der Waals surface area contributed by atoms with E-state index in [9.17, 15) is 19.2 Å². The zero-order valence-electron chi connectivity index (χ0n) is 33.1. The minimum Gasteiger partial charge on any atom is -0.453 e. The van der Waals surface area contributed by atoms with Gasteiger partial charge in [0, 0.05) is 13.1 Å². The Bertz CT molecular complexity index is 2050. The van der Waals surface area contributed by atoms with Gasteiger partial charge in [0.2, 0.25) is 11.8 Å². The Morgan fingerprint density at radius 3 is 1.61 bits per heavy atom. The van der Waals surface area contributed by atoms with Crippen LogP contribution >= 0.6 is 0 Å². The van der Waals surface area contributed by atoms with Crippen molar-refractivity contribution in [3.8, 4) is 33.6 Å². The van der Waals surface area contributed by atoms with E-state index in [0.717, 1.165) is 57.9 Å². The molecule has 14 nitrogen and oxygen atoms in total. The summed E-state index contributed by atoms with van der Waals surface area (Å²) in [7, 11) is 2.57. The Balaban J connectivity index is 1.13. The molecule has 14 heteroatoms. The maximum Gasteiger partial charge on any atom is 0.407 e. The zero-order valence-corrected chi connectivity index (χ0v) is 33.1. The zero-order chi connectivity index (χ0) is 40.1. The van der Waals surface area contributed by atoms with Crippen LogP contribution in [-0.2, 0) is 19.1 Å². The number of hydrogen-bond donors (Lipinski definition) is 4. The minimum atomic E-state index is -0.726. The third kappa shape index (κ3) is 8.48. The summed E-state index contributed by atoms with van der Waals surface area (Å²) in [6, 6.07) is 14.5. The molecule has 2 saturated heterocycles. The standard InChI is InChI=1S/C42H52N8O6/c1-8-26-20-34(50(23-26)40(52)36(25(4)5)48-42(54)56-7)38-44-22-32(46-38)30-17-13-28(14-18-30)27-11-15-29(16-12-27)31-21-43-37(45-31)33-10-9-19-49(33)39(51)35(24(2)3)47-41(53)55-6/h8,11-18,21-22,24-25,33-36H,9-10,19-20,23H2,1-7H3,(H,43,45)(H,44,46)(H,47,53)(H,48,54)/b26-8+/t33-,34+,35-,36+/m0/s1. The summed E-state index contributed by atoms with van der Waals surface area (Å²) in [4.78, 5) is 71.1. The van der Waals surface area contributed by atoms with Gasteiger partial charge in [-0.15, -0.1) is 0 Å². The fraction of sp³-hybridized carbons (Fsp3) is 0.429. The average Bonchev–Trinajstić information content (AvgIpc) is 4.04. The molecule has 2 aromatic heterocycles. The third-order valence-electron chi connectivity index (χ3n) is 10.8. The van der Waals surface area contributed by atoms with E-state index in [1.807, 2.05) is 65.0 Å². The van der Waals surface area contributed by atoms with Gasteiger partial charge in [0.15, 0.2) is 0 Å². The Labute approximate surface area is 327 Å². The number of carbonyl (C=O) groups is 4. The van der Waals surface area contributed by atoms with Crippen LogP contribution < -0.4 is 10.6 Å². The van der Waals surface area contributed by atoms with E-state index in [1.165, 1.54) is 14.2 Å². The van der Waals surface area contributed by atoms with Gasteiger partial charge >= 0.3 is 12.2 Å². The number of carbonyl (C=O) groups excluding carboxylic acids is 4. The number of rotatable bonds is 11. The Morgan fingerprint density at radius 2 is 1.16 bits per heavy atom. The van der Waals surface area contributed by atoms with E-state index in [4.69, 9.17) is 14.5 Å². The quantitative estimate of drug-likeness (QED) is 0.121. The SMILES string of the molecule is C/C=C1\C[C@H](c2ncc(-c3ccc(-c4ccc(-c5cnc([C@@H]6CCCN6C(=O)[C@@H](NC(=O)OC)C(C)C)[nH]5)cc4)cc3)[nH]2)N(C(=O)[C@H](NC(=O)OC)C(C)C)C1. The average molecular weight is 765 g/mol. The van der Waals surface area contributed by atoms with Gasteiger partial charge in [-0.1, -0.05) is 87.9 Å². The molecule has 0 radical (unpaired) electrons. The molecule has 0 spiro atoms. The molecule has 296 valence electrons. The molecule has 4 atom stereocenters. The van der Waals surface area contributed by atoms with Gasteiger partial charge < -0.3 is 39.9 Å². The van der Waals surface area contributed by atoms with Crippen molar-refractivity contribution in [2.24, 2.45) is 11.8 Å². The van der Waals surface area contributed by atoms with E-state index >= 15 is 0 Å². The number of benzene rings is 2. The number of imidazole rings is 2. The van der Waals surface area contributed by atoms with E-state index in [-0.39, 0.29) is 35.7 Å². The van der Waals surface area contributed by atoms with E-state index in [2.05, 4.69) is 49.9 Å². The monoisotopic (exact) mass is 764 g/mol. The highest BCUT2D eigenvalue weighted by molar-refractivity contribution is 5.87. The first-order valence-electron chi connectivity index (χ1n) is 19.2. The molecule has 4 N–H and O–H groups in total. The van der Waals surface area contributed by atoms with Gasteiger partial charge in [-0.05, 0) is 60.3 Å². The first kappa shape index (κ1) is 39.8. The second-order valence-electron chi connectivity index (χ2n) is 15.1.